The number of hydrogen-bond donors (Lipinski definition) is 1. The van der Waals surface area contributed by atoms with E-state index in [4.69, 9.17) is 0 Å². The van der Waals surface area contributed by atoms with Crippen LogP contribution in [0.4, 0.5) is 4.79 Å². The molecule has 3 heterocycles. The van der Waals surface area contributed by atoms with Gasteiger partial charge in [-0.15, -0.1) is 11.3 Å². The second kappa shape index (κ2) is 9.30. The number of thiophene rings is 1. The number of nitrogens with one attached hydrogen (secondary N) is 1. The van der Waals surface area contributed by atoms with Crippen molar-refractivity contribution in [1.29, 1.82) is 0 Å². The van der Waals surface area contributed by atoms with E-state index in [0.29, 0.717) is 45.7 Å². The first-order chi connectivity index (χ1) is 14.6. The molecule has 0 spiro atoms. The van der Waals surface area contributed by atoms with Gasteiger partial charge in [-0.1, -0.05) is 30.3 Å². The van der Waals surface area contributed by atoms with Gasteiger partial charge in [-0.3, -0.25) is 9.59 Å². The normalized spacial score (nSPS) is 16.8. The molecule has 0 atom stereocenters. The zero-order valence-electron chi connectivity index (χ0n) is 16.9. The minimum atomic E-state index is -0.113. The van der Waals surface area contributed by atoms with Crippen LogP contribution >= 0.6 is 11.3 Å². The standard InChI is InChI=1S/C22H26N4O3S/c27-20-7-2-8-26(20)16-18-5-1-4-17(14-18)15-23-22(29)25-11-9-24(10-12-25)21(28)19-6-3-13-30-19/h1,3-6,13-14H,2,7-12,15-16H2,(H,23,29). The van der Waals surface area contributed by atoms with Gasteiger partial charge in [-0.2, -0.15) is 0 Å². The van der Waals surface area contributed by atoms with E-state index in [1.165, 1.54) is 11.3 Å². The van der Waals surface area contributed by atoms with Crippen molar-refractivity contribution in [2.45, 2.75) is 25.9 Å². The van der Waals surface area contributed by atoms with Gasteiger partial charge < -0.3 is 20.0 Å². The van der Waals surface area contributed by atoms with Crippen molar-refractivity contribution in [3.8, 4) is 0 Å². The van der Waals surface area contributed by atoms with Gasteiger partial charge in [-0.05, 0) is 29.0 Å². The molecule has 2 aromatic rings. The highest BCUT2D eigenvalue weighted by Gasteiger charge is 2.25. The number of rotatable bonds is 5. The van der Waals surface area contributed by atoms with Crippen molar-refractivity contribution in [3.05, 3.63) is 57.8 Å². The van der Waals surface area contributed by atoms with Gasteiger partial charge in [0, 0.05) is 52.2 Å². The average molecular weight is 427 g/mol. The molecule has 2 saturated heterocycles. The third-order valence-electron chi connectivity index (χ3n) is 5.57. The molecule has 0 unspecified atom stereocenters. The molecule has 4 rings (SSSR count). The van der Waals surface area contributed by atoms with Crippen molar-refractivity contribution < 1.29 is 14.4 Å². The Bertz CT molecular complexity index is 907. The Morgan fingerprint density at radius 3 is 2.43 bits per heavy atom. The molecule has 1 aromatic heterocycles. The molecule has 0 radical (unpaired) electrons. The van der Waals surface area contributed by atoms with Crippen LogP contribution in [-0.4, -0.2) is 65.3 Å². The minimum absolute atomic E-state index is 0.0401. The fourth-order valence-electron chi connectivity index (χ4n) is 3.89. The smallest absolute Gasteiger partial charge is 0.317 e. The van der Waals surface area contributed by atoms with Crippen LogP contribution in [0.2, 0.25) is 0 Å². The number of hydrogen-bond acceptors (Lipinski definition) is 4. The molecule has 4 amide bonds. The molecule has 7 nitrogen and oxygen atoms in total. The lowest BCUT2D eigenvalue weighted by molar-refractivity contribution is -0.128. The lowest BCUT2D eigenvalue weighted by atomic mass is 10.1. The van der Waals surface area contributed by atoms with Gasteiger partial charge in [0.1, 0.15) is 0 Å². The molecule has 0 bridgehead atoms. The lowest BCUT2D eigenvalue weighted by Gasteiger charge is -2.34. The van der Waals surface area contributed by atoms with E-state index >= 15 is 0 Å². The average Bonchev–Trinajstić information content (AvgIpc) is 3.44. The summed E-state index contributed by atoms with van der Waals surface area (Å²) >= 11 is 1.44. The number of carbonyl (C=O) groups is 3. The number of urea groups is 1. The predicted molar refractivity (Wildman–Crippen MR) is 115 cm³/mol. The van der Waals surface area contributed by atoms with Gasteiger partial charge in [-0.25, -0.2) is 4.79 Å². The maximum absolute atomic E-state index is 12.5. The van der Waals surface area contributed by atoms with Crippen LogP contribution in [0.25, 0.3) is 0 Å². The summed E-state index contributed by atoms with van der Waals surface area (Å²) in [4.78, 5) is 43.0. The summed E-state index contributed by atoms with van der Waals surface area (Å²) in [5, 5.41) is 4.87. The van der Waals surface area contributed by atoms with Crippen molar-refractivity contribution in [3.63, 3.8) is 0 Å². The van der Waals surface area contributed by atoms with E-state index in [9.17, 15) is 14.4 Å². The van der Waals surface area contributed by atoms with Crippen molar-refractivity contribution in [2.24, 2.45) is 0 Å². The predicted octanol–water partition coefficient (Wildman–Crippen LogP) is 2.54. The Morgan fingerprint density at radius 1 is 0.967 bits per heavy atom. The summed E-state index contributed by atoms with van der Waals surface area (Å²) in [7, 11) is 0. The first-order valence-corrected chi connectivity index (χ1v) is 11.2. The second-order valence-electron chi connectivity index (χ2n) is 7.65. The Labute approximate surface area is 180 Å². The number of likely N-dealkylation sites (tertiary alicyclic amines) is 1. The zero-order valence-corrected chi connectivity index (χ0v) is 17.7. The molecule has 2 aliphatic rings. The van der Waals surface area contributed by atoms with Crippen LogP contribution in [0, 0.1) is 0 Å². The molecule has 0 aliphatic carbocycles. The van der Waals surface area contributed by atoms with E-state index in [1.54, 1.807) is 9.80 Å². The summed E-state index contributed by atoms with van der Waals surface area (Å²) in [6, 6.07) is 11.6. The third kappa shape index (κ3) is 4.81. The van der Waals surface area contributed by atoms with Gasteiger partial charge in [0.2, 0.25) is 5.91 Å². The Kier molecular flexibility index (Phi) is 6.32. The van der Waals surface area contributed by atoms with Gasteiger partial charge >= 0.3 is 6.03 Å². The van der Waals surface area contributed by atoms with Crippen LogP contribution in [-0.2, 0) is 17.9 Å². The Hall–Kier alpha value is -2.87. The van der Waals surface area contributed by atoms with E-state index in [1.807, 2.05) is 46.7 Å². The summed E-state index contributed by atoms with van der Waals surface area (Å²) in [5.41, 5.74) is 2.09. The van der Waals surface area contributed by atoms with Crippen LogP contribution in [0.5, 0.6) is 0 Å². The van der Waals surface area contributed by atoms with Crippen molar-refractivity contribution in [1.82, 2.24) is 20.0 Å². The topological polar surface area (TPSA) is 73.0 Å². The Morgan fingerprint density at radius 2 is 1.73 bits per heavy atom. The molecule has 2 aliphatic heterocycles. The minimum Gasteiger partial charge on any atom is -0.338 e. The second-order valence-corrected chi connectivity index (χ2v) is 8.60. The monoisotopic (exact) mass is 426 g/mol. The maximum atomic E-state index is 12.5. The number of benzene rings is 1. The van der Waals surface area contributed by atoms with Crippen molar-refractivity contribution in [2.75, 3.05) is 32.7 Å². The summed E-state index contributed by atoms with van der Waals surface area (Å²) in [5.74, 6) is 0.253. The van der Waals surface area contributed by atoms with Crippen LogP contribution in [0.3, 0.4) is 0 Å². The summed E-state index contributed by atoms with van der Waals surface area (Å²) in [6.07, 6.45) is 1.57. The maximum Gasteiger partial charge on any atom is 0.317 e. The fraction of sp³-hybridized carbons (Fsp3) is 0.409. The molecule has 0 saturated carbocycles. The number of amides is 4. The van der Waals surface area contributed by atoms with Crippen LogP contribution < -0.4 is 5.32 Å². The molecule has 1 aromatic carbocycles. The molecule has 1 N–H and O–H groups in total. The van der Waals surface area contributed by atoms with Crippen LogP contribution in [0.15, 0.2) is 41.8 Å². The molecule has 158 valence electrons. The summed E-state index contributed by atoms with van der Waals surface area (Å²) < 4.78 is 0. The number of carbonyl (C=O) groups excluding carboxylic acids is 3. The zero-order chi connectivity index (χ0) is 20.9. The molecular formula is C22H26N4O3S. The first-order valence-electron chi connectivity index (χ1n) is 10.3. The highest BCUT2D eigenvalue weighted by molar-refractivity contribution is 7.12. The van der Waals surface area contributed by atoms with E-state index in [-0.39, 0.29) is 17.8 Å². The number of nitrogens with zero attached hydrogens (tertiary/aromatic N) is 3. The Balaban J connectivity index is 1.24. The molecule has 2 fully saturated rings. The quantitative estimate of drug-likeness (QED) is 0.799. The molecular weight excluding hydrogens is 400 g/mol. The lowest BCUT2D eigenvalue weighted by Crippen LogP contribution is -2.53. The number of piperazine rings is 1. The van der Waals surface area contributed by atoms with Gasteiger partial charge in [0.25, 0.3) is 5.91 Å². The SMILES string of the molecule is O=C1CCCN1Cc1cccc(CNC(=O)N2CCN(C(=O)c3cccs3)CC2)c1. The highest BCUT2D eigenvalue weighted by Crippen LogP contribution is 2.16. The van der Waals surface area contributed by atoms with E-state index < -0.39 is 0 Å². The molecule has 30 heavy (non-hydrogen) atoms. The highest BCUT2D eigenvalue weighted by atomic mass is 32.1. The van der Waals surface area contributed by atoms with Gasteiger partial charge in [0.05, 0.1) is 4.88 Å². The third-order valence-corrected chi connectivity index (χ3v) is 6.42. The van der Waals surface area contributed by atoms with E-state index in [0.717, 1.165) is 29.0 Å². The van der Waals surface area contributed by atoms with Crippen LogP contribution in [0.1, 0.15) is 33.6 Å². The molecule has 8 heteroatoms. The van der Waals surface area contributed by atoms with Gasteiger partial charge in [0.15, 0.2) is 0 Å². The fourth-order valence-corrected chi connectivity index (χ4v) is 4.58. The van der Waals surface area contributed by atoms with E-state index in [2.05, 4.69) is 5.32 Å². The largest absolute Gasteiger partial charge is 0.338 e. The first kappa shape index (κ1) is 20.4. The summed E-state index contributed by atoms with van der Waals surface area (Å²) in [6.45, 7) is 4.03. The van der Waals surface area contributed by atoms with Crippen molar-refractivity contribution >= 4 is 29.2 Å².